The first-order chi connectivity index (χ1) is 7.18. The molecular weight excluding hydrogens is 272 g/mol. The summed E-state index contributed by atoms with van der Waals surface area (Å²) in [4.78, 5) is 1.43. The van der Waals surface area contributed by atoms with Crippen molar-refractivity contribution in [3.8, 4) is 0 Å². The number of thiophene rings is 1. The van der Waals surface area contributed by atoms with Crippen molar-refractivity contribution in [2.75, 3.05) is 13.1 Å². The van der Waals surface area contributed by atoms with E-state index in [9.17, 15) is 0 Å². The van der Waals surface area contributed by atoms with Gasteiger partial charge in [0.15, 0.2) is 0 Å². The normalized spacial score (nSPS) is 13.0. The molecule has 1 rings (SSSR count). The molecule has 0 saturated heterocycles. The van der Waals surface area contributed by atoms with E-state index in [-0.39, 0.29) is 0 Å². The SMILES string of the molecule is CC(N)CCCNCCc1ccc(Br)s1. The highest BCUT2D eigenvalue weighted by molar-refractivity contribution is 9.11. The number of rotatable bonds is 7. The molecule has 3 N–H and O–H groups in total. The van der Waals surface area contributed by atoms with Crippen molar-refractivity contribution in [3.05, 3.63) is 20.8 Å². The van der Waals surface area contributed by atoms with Crippen LogP contribution in [-0.4, -0.2) is 19.1 Å². The van der Waals surface area contributed by atoms with Gasteiger partial charge in [0.1, 0.15) is 0 Å². The Morgan fingerprint density at radius 1 is 1.47 bits per heavy atom. The van der Waals surface area contributed by atoms with Gasteiger partial charge in [-0.1, -0.05) is 0 Å². The highest BCUT2D eigenvalue weighted by Gasteiger charge is 1.97. The number of halogens is 1. The minimum atomic E-state index is 0.333. The summed E-state index contributed by atoms with van der Waals surface area (Å²) in [5.74, 6) is 0. The van der Waals surface area contributed by atoms with Gasteiger partial charge < -0.3 is 11.1 Å². The Hall–Kier alpha value is 0.1000. The summed E-state index contributed by atoms with van der Waals surface area (Å²) in [6, 6.07) is 4.62. The van der Waals surface area contributed by atoms with Crippen molar-refractivity contribution in [2.45, 2.75) is 32.2 Å². The van der Waals surface area contributed by atoms with E-state index in [0.29, 0.717) is 6.04 Å². The minimum Gasteiger partial charge on any atom is -0.328 e. The fraction of sp³-hybridized carbons (Fsp3) is 0.636. The standard InChI is InChI=1S/C11H19BrN2S/c1-9(13)3-2-7-14-8-6-10-4-5-11(12)15-10/h4-5,9,14H,2-3,6-8,13H2,1H3. The molecule has 15 heavy (non-hydrogen) atoms. The molecule has 0 saturated carbocycles. The Balaban J connectivity index is 1.98. The molecule has 1 aromatic heterocycles. The maximum absolute atomic E-state index is 5.67. The van der Waals surface area contributed by atoms with Crippen LogP contribution in [0, 0.1) is 0 Å². The van der Waals surface area contributed by atoms with E-state index in [4.69, 9.17) is 5.73 Å². The van der Waals surface area contributed by atoms with Crippen LogP contribution in [0.25, 0.3) is 0 Å². The van der Waals surface area contributed by atoms with Crippen LogP contribution < -0.4 is 11.1 Å². The molecule has 2 nitrogen and oxygen atoms in total. The molecule has 4 heteroatoms. The molecule has 1 aromatic rings. The summed E-state index contributed by atoms with van der Waals surface area (Å²) in [7, 11) is 0. The molecule has 0 aliphatic heterocycles. The van der Waals surface area contributed by atoms with Gasteiger partial charge >= 0.3 is 0 Å². The third-order valence-corrected chi connectivity index (χ3v) is 3.87. The molecule has 0 bridgehead atoms. The Bertz CT molecular complexity index is 273. The van der Waals surface area contributed by atoms with E-state index in [1.165, 1.54) is 15.1 Å². The minimum absolute atomic E-state index is 0.333. The van der Waals surface area contributed by atoms with Crippen molar-refractivity contribution in [2.24, 2.45) is 5.73 Å². The smallest absolute Gasteiger partial charge is 0.0701 e. The van der Waals surface area contributed by atoms with Gasteiger partial charge in [0.25, 0.3) is 0 Å². The van der Waals surface area contributed by atoms with Crippen LogP contribution in [0.5, 0.6) is 0 Å². The lowest BCUT2D eigenvalue weighted by Gasteiger charge is -2.05. The monoisotopic (exact) mass is 290 g/mol. The van der Waals surface area contributed by atoms with E-state index in [2.05, 4.69) is 40.3 Å². The van der Waals surface area contributed by atoms with Gasteiger partial charge in [-0.15, -0.1) is 11.3 Å². The quantitative estimate of drug-likeness (QED) is 0.758. The molecule has 0 spiro atoms. The maximum Gasteiger partial charge on any atom is 0.0701 e. The molecule has 0 amide bonds. The topological polar surface area (TPSA) is 38.0 Å². The third-order valence-electron chi connectivity index (χ3n) is 2.19. The first kappa shape index (κ1) is 13.2. The maximum atomic E-state index is 5.67. The van der Waals surface area contributed by atoms with Crippen LogP contribution in [0.1, 0.15) is 24.6 Å². The Kier molecular flexibility index (Phi) is 6.48. The summed E-state index contributed by atoms with van der Waals surface area (Å²) in [5.41, 5.74) is 5.67. The van der Waals surface area contributed by atoms with E-state index in [1.807, 2.05) is 11.3 Å². The van der Waals surface area contributed by atoms with Crippen LogP contribution in [0.15, 0.2) is 15.9 Å². The Labute approximate surface area is 104 Å². The molecule has 0 fully saturated rings. The van der Waals surface area contributed by atoms with E-state index < -0.39 is 0 Å². The van der Waals surface area contributed by atoms with Gasteiger partial charge in [-0.05, 0) is 67.3 Å². The van der Waals surface area contributed by atoms with Gasteiger partial charge in [0.2, 0.25) is 0 Å². The second-order valence-corrected chi connectivity index (χ2v) is 6.37. The summed E-state index contributed by atoms with van der Waals surface area (Å²) < 4.78 is 1.22. The number of hydrogen-bond acceptors (Lipinski definition) is 3. The molecule has 86 valence electrons. The van der Waals surface area contributed by atoms with Crippen LogP contribution in [0.3, 0.4) is 0 Å². The van der Waals surface area contributed by atoms with Crippen LogP contribution in [0.4, 0.5) is 0 Å². The summed E-state index contributed by atoms with van der Waals surface area (Å²) in [6.07, 6.45) is 3.40. The lowest BCUT2D eigenvalue weighted by Crippen LogP contribution is -2.21. The molecule has 1 atom stereocenters. The second kappa shape index (κ2) is 7.39. The van der Waals surface area contributed by atoms with E-state index in [0.717, 1.165) is 25.9 Å². The van der Waals surface area contributed by atoms with Gasteiger partial charge in [-0.3, -0.25) is 0 Å². The van der Waals surface area contributed by atoms with Gasteiger partial charge in [-0.2, -0.15) is 0 Å². The lowest BCUT2D eigenvalue weighted by atomic mass is 10.2. The predicted octanol–water partition coefficient (Wildman–Crippen LogP) is 2.77. The lowest BCUT2D eigenvalue weighted by molar-refractivity contribution is 0.576. The molecule has 0 aromatic carbocycles. The Morgan fingerprint density at radius 3 is 2.87 bits per heavy atom. The summed E-state index contributed by atoms with van der Waals surface area (Å²) in [5, 5.41) is 3.43. The molecule has 1 heterocycles. The number of hydrogen-bond donors (Lipinski definition) is 2. The summed E-state index contributed by atoms with van der Waals surface area (Å²) in [6.45, 7) is 4.20. The average molecular weight is 291 g/mol. The molecule has 0 aliphatic rings. The largest absolute Gasteiger partial charge is 0.328 e. The van der Waals surface area contributed by atoms with Crippen LogP contribution >= 0.6 is 27.3 Å². The van der Waals surface area contributed by atoms with Crippen molar-refractivity contribution in [1.82, 2.24) is 5.32 Å². The third kappa shape index (κ3) is 6.30. The zero-order valence-electron chi connectivity index (χ0n) is 9.13. The van der Waals surface area contributed by atoms with Gasteiger partial charge in [-0.25, -0.2) is 0 Å². The predicted molar refractivity (Wildman–Crippen MR) is 71.5 cm³/mol. The van der Waals surface area contributed by atoms with Crippen molar-refractivity contribution >= 4 is 27.3 Å². The second-order valence-electron chi connectivity index (χ2n) is 3.83. The first-order valence-electron chi connectivity index (χ1n) is 5.39. The molecule has 0 radical (unpaired) electrons. The van der Waals surface area contributed by atoms with Crippen molar-refractivity contribution < 1.29 is 0 Å². The fourth-order valence-corrected chi connectivity index (χ4v) is 2.85. The fourth-order valence-electron chi connectivity index (χ4n) is 1.37. The van der Waals surface area contributed by atoms with Crippen molar-refractivity contribution in [3.63, 3.8) is 0 Å². The summed E-state index contributed by atoms with van der Waals surface area (Å²) >= 11 is 5.28. The zero-order valence-corrected chi connectivity index (χ0v) is 11.5. The van der Waals surface area contributed by atoms with Crippen LogP contribution in [0.2, 0.25) is 0 Å². The number of nitrogens with one attached hydrogen (secondary N) is 1. The van der Waals surface area contributed by atoms with E-state index >= 15 is 0 Å². The molecule has 0 aliphatic carbocycles. The first-order valence-corrected chi connectivity index (χ1v) is 7.00. The van der Waals surface area contributed by atoms with Crippen LogP contribution in [-0.2, 0) is 6.42 Å². The molecular formula is C11H19BrN2S. The Morgan fingerprint density at radius 2 is 2.27 bits per heavy atom. The van der Waals surface area contributed by atoms with E-state index in [1.54, 1.807) is 0 Å². The van der Waals surface area contributed by atoms with Crippen molar-refractivity contribution in [1.29, 1.82) is 0 Å². The zero-order chi connectivity index (χ0) is 11.1. The van der Waals surface area contributed by atoms with Gasteiger partial charge in [0, 0.05) is 10.9 Å². The van der Waals surface area contributed by atoms with Gasteiger partial charge in [0.05, 0.1) is 3.79 Å². The highest BCUT2D eigenvalue weighted by atomic mass is 79.9. The molecule has 1 unspecified atom stereocenters. The average Bonchev–Trinajstić information content (AvgIpc) is 2.57. The number of nitrogens with two attached hydrogens (primary N) is 1. The highest BCUT2D eigenvalue weighted by Crippen LogP contribution is 2.21.